The van der Waals surface area contributed by atoms with Crippen LogP contribution in [0.4, 0.5) is 14.5 Å². The highest BCUT2D eigenvalue weighted by atomic mass is 32.2. The maximum atomic E-state index is 12.3. The predicted molar refractivity (Wildman–Crippen MR) is 72.2 cm³/mol. The van der Waals surface area contributed by atoms with Crippen molar-refractivity contribution in [1.82, 2.24) is 0 Å². The summed E-state index contributed by atoms with van der Waals surface area (Å²) in [4.78, 5) is 12.4. The van der Waals surface area contributed by atoms with Crippen LogP contribution in [-0.4, -0.2) is 17.7 Å². The quantitative estimate of drug-likeness (QED) is 0.836. The van der Waals surface area contributed by atoms with E-state index in [1.165, 1.54) is 0 Å². The van der Waals surface area contributed by atoms with Crippen LogP contribution < -0.4 is 11.1 Å². The summed E-state index contributed by atoms with van der Waals surface area (Å²) in [5.41, 5.74) is 6.32. The van der Waals surface area contributed by atoms with Crippen molar-refractivity contribution in [3.8, 4) is 0 Å². The third kappa shape index (κ3) is 4.18. The number of thioether (sulfide) groups is 1. The van der Waals surface area contributed by atoms with Gasteiger partial charge < -0.3 is 11.1 Å². The van der Waals surface area contributed by atoms with Crippen molar-refractivity contribution in [3.05, 3.63) is 24.3 Å². The Labute approximate surface area is 114 Å². The lowest BCUT2D eigenvalue weighted by Gasteiger charge is -2.11. The zero-order valence-corrected chi connectivity index (χ0v) is 11.1. The number of alkyl halides is 2. The summed E-state index contributed by atoms with van der Waals surface area (Å²) in [5.74, 6) is -2.60. The molecule has 1 aromatic rings. The van der Waals surface area contributed by atoms with Crippen LogP contribution in [0.25, 0.3) is 0 Å². The van der Waals surface area contributed by atoms with Crippen LogP contribution in [0, 0.1) is 5.92 Å². The van der Waals surface area contributed by atoms with Gasteiger partial charge in [-0.15, -0.1) is 0 Å². The summed E-state index contributed by atoms with van der Waals surface area (Å²) in [6.07, 6.45) is 2.34. The van der Waals surface area contributed by atoms with Crippen molar-refractivity contribution in [3.63, 3.8) is 0 Å². The molecule has 19 heavy (non-hydrogen) atoms. The van der Waals surface area contributed by atoms with Gasteiger partial charge in [0, 0.05) is 22.5 Å². The van der Waals surface area contributed by atoms with Crippen LogP contribution in [0.15, 0.2) is 29.2 Å². The van der Waals surface area contributed by atoms with Crippen LogP contribution in [0.5, 0.6) is 0 Å². The highest BCUT2D eigenvalue weighted by Crippen LogP contribution is 2.29. The maximum absolute atomic E-state index is 12.3. The van der Waals surface area contributed by atoms with Crippen LogP contribution >= 0.6 is 11.8 Å². The first-order valence-electron chi connectivity index (χ1n) is 6.16. The summed E-state index contributed by atoms with van der Waals surface area (Å²) in [6.45, 7) is 0. The highest BCUT2D eigenvalue weighted by Gasteiger charge is 2.27. The average molecular weight is 286 g/mol. The fourth-order valence-corrected chi connectivity index (χ4v) is 2.81. The van der Waals surface area contributed by atoms with Crippen LogP contribution in [-0.2, 0) is 4.79 Å². The first kappa shape index (κ1) is 14.3. The van der Waals surface area contributed by atoms with E-state index in [1.54, 1.807) is 24.3 Å². The molecule has 3 nitrogen and oxygen atoms in total. The summed E-state index contributed by atoms with van der Waals surface area (Å²) >= 11 is 0.468. The zero-order valence-electron chi connectivity index (χ0n) is 10.3. The number of anilines is 1. The number of carbonyl (C=O) groups is 1. The third-order valence-electron chi connectivity index (χ3n) is 3.17. The van der Waals surface area contributed by atoms with Crippen LogP contribution in [0.3, 0.4) is 0 Å². The summed E-state index contributed by atoms with van der Waals surface area (Å²) < 4.78 is 24.5. The fourth-order valence-electron chi connectivity index (χ4n) is 2.25. The molecule has 2 rings (SSSR count). The van der Waals surface area contributed by atoms with Crippen molar-refractivity contribution < 1.29 is 13.6 Å². The van der Waals surface area contributed by atoms with Gasteiger partial charge in [-0.1, -0.05) is 17.8 Å². The topological polar surface area (TPSA) is 55.1 Å². The minimum absolute atomic E-state index is 0.0681. The van der Waals surface area contributed by atoms with Gasteiger partial charge in [0.2, 0.25) is 5.91 Å². The Bertz CT molecular complexity index is 456. The van der Waals surface area contributed by atoms with Gasteiger partial charge in [-0.05, 0) is 37.5 Å². The van der Waals surface area contributed by atoms with Crippen molar-refractivity contribution in [2.24, 2.45) is 11.7 Å². The number of halogens is 2. The van der Waals surface area contributed by atoms with E-state index < -0.39 is 5.76 Å². The second-order valence-corrected chi connectivity index (χ2v) is 5.73. The van der Waals surface area contributed by atoms with Gasteiger partial charge in [0.1, 0.15) is 0 Å². The van der Waals surface area contributed by atoms with Crippen molar-refractivity contribution in [2.75, 3.05) is 5.32 Å². The first-order valence-corrected chi connectivity index (χ1v) is 7.04. The average Bonchev–Trinajstić information content (AvgIpc) is 2.75. The van der Waals surface area contributed by atoms with Crippen molar-refractivity contribution >= 4 is 23.4 Å². The predicted octanol–water partition coefficient (Wildman–Crippen LogP) is 3.07. The lowest BCUT2D eigenvalue weighted by molar-refractivity contribution is -0.119. The highest BCUT2D eigenvalue weighted by molar-refractivity contribution is 7.99. The van der Waals surface area contributed by atoms with E-state index in [2.05, 4.69) is 5.32 Å². The van der Waals surface area contributed by atoms with Crippen molar-refractivity contribution in [1.29, 1.82) is 0 Å². The number of rotatable bonds is 4. The molecular weight excluding hydrogens is 270 g/mol. The van der Waals surface area contributed by atoms with Gasteiger partial charge in [-0.3, -0.25) is 4.79 Å². The number of benzene rings is 1. The molecule has 6 heteroatoms. The molecule has 1 fully saturated rings. The molecule has 1 aromatic carbocycles. The van der Waals surface area contributed by atoms with Gasteiger partial charge in [0.15, 0.2) is 0 Å². The number of nitrogens with two attached hydrogens (primary N) is 1. The molecule has 0 spiro atoms. The molecule has 3 N–H and O–H groups in total. The second-order valence-electron chi connectivity index (χ2n) is 4.67. The van der Waals surface area contributed by atoms with E-state index >= 15 is 0 Å². The Balaban J connectivity index is 1.96. The van der Waals surface area contributed by atoms with Gasteiger partial charge in [0.25, 0.3) is 5.76 Å². The molecule has 0 heterocycles. The Morgan fingerprint density at radius 2 is 2.21 bits per heavy atom. The monoisotopic (exact) mass is 286 g/mol. The second kappa shape index (κ2) is 6.34. The van der Waals surface area contributed by atoms with Gasteiger partial charge in [-0.2, -0.15) is 8.78 Å². The molecule has 0 aromatic heterocycles. The Hall–Kier alpha value is -1.14. The van der Waals surface area contributed by atoms with E-state index in [0.717, 1.165) is 12.8 Å². The van der Waals surface area contributed by atoms with Crippen LogP contribution in [0.1, 0.15) is 19.3 Å². The zero-order chi connectivity index (χ0) is 13.8. The summed E-state index contributed by atoms with van der Waals surface area (Å²) in [5, 5.41) is 2.77. The SMILES string of the molecule is NC1CCC(C(=O)Nc2cccc(SC(F)F)c2)C1. The molecule has 2 unspecified atom stereocenters. The molecule has 1 aliphatic rings. The lowest BCUT2D eigenvalue weighted by Crippen LogP contribution is -2.23. The van der Waals surface area contributed by atoms with Gasteiger partial charge in [-0.25, -0.2) is 0 Å². The number of hydrogen-bond donors (Lipinski definition) is 2. The molecule has 0 radical (unpaired) electrons. The smallest absolute Gasteiger partial charge is 0.288 e. The van der Waals surface area contributed by atoms with E-state index in [0.29, 0.717) is 28.8 Å². The molecule has 0 bridgehead atoms. The molecule has 2 atom stereocenters. The number of amides is 1. The Morgan fingerprint density at radius 1 is 1.42 bits per heavy atom. The lowest BCUT2D eigenvalue weighted by atomic mass is 10.1. The van der Waals surface area contributed by atoms with E-state index in [1.807, 2.05) is 0 Å². The fraction of sp³-hybridized carbons (Fsp3) is 0.462. The molecule has 0 saturated heterocycles. The Morgan fingerprint density at radius 3 is 2.84 bits per heavy atom. The number of hydrogen-bond acceptors (Lipinski definition) is 3. The van der Waals surface area contributed by atoms with Crippen molar-refractivity contribution in [2.45, 2.75) is 36.0 Å². The molecular formula is C13H16F2N2OS. The Kier molecular flexibility index (Phi) is 4.76. The maximum Gasteiger partial charge on any atom is 0.288 e. The largest absolute Gasteiger partial charge is 0.328 e. The number of nitrogens with one attached hydrogen (secondary N) is 1. The van der Waals surface area contributed by atoms with E-state index in [9.17, 15) is 13.6 Å². The normalized spacial score (nSPS) is 22.7. The van der Waals surface area contributed by atoms with Gasteiger partial charge in [0.05, 0.1) is 0 Å². The van der Waals surface area contributed by atoms with E-state index in [-0.39, 0.29) is 17.9 Å². The molecule has 104 valence electrons. The third-order valence-corrected chi connectivity index (χ3v) is 3.87. The molecule has 1 saturated carbocycles. The van der Waals surface area contributed by atoms with Gasteiger partial charge >= 0.3 is 0 Å². The first-order chi connectivity index (χ1) is 9.04. The summed E-state index contributed by atoms with van der Waals surface area (Å²) in [7, 11) is 0. The molecule has 1 amide bonds. The molecule has 1 aliphatic carbocycles. The molecule has 0 aliphatic heterocycles. The minimum atomic E-state index is -2.46. The summed E-state index contributed by atoms with van der Waals surface area (Å²) in [6, 6.07) is 6.60. The van der Waals surface area contributed by atoms with Crippen LogP contribution in [0.2, 0.25) is 0 Å². The number of carbonyl (C=O) groups excluding carboxylic acids is 1. The minimum Gasteiger partial charge on any atom is -0.328 e. The standard InChI is InChI=1S/C13H16F2N2OS/c14-13(15)19-11-3-1-2-10(7-11)17-12(18)8-4-5-9(16)6-8/h1-3,7-9,13H,4-6,16H2,(H,17,18). The van der Waals surface area contributed by atoms with E-state index in [4.69, 9.17) is 5.73 Å².